The molecule has 6 heteroatoms. The van der Waals surface area contributed by atoms with Crippen molar-refractivity contribution in [1.29, 1.82) is 0 Å². The molecule has 1 saturated heterocycles. The van der Waals surface area contributed by atoms with Gasteiger partial charge in [-0.1, -0.05) is 0 Å². The number of hydrogen-bond acceptors (Lipinski definition) is 5. The van der Waals surface area contributed by atoms with Gasteiger partial charge in [-0.2, -0.15) is 0 Å². The van der Waals surface area contributed by atoms with Gasteiger partial charge in [-0.3, -0.25) is 4.79 Å². The van der Waals surface area contributed by atoms with E-state index in [-0.39, 0.29) is 24.5 Å². The molecule has 0 aromatic rings. The summed E-state index contributed by atoms with van der Waals surface area (Å²) >= 11 is 0. The van der Waals surface area contributed by atoms with Gasteiger partial charge in [0.1, 0.15) is 0 Å². The van der Waals surface area contributed by atoms with Crippen LogP contribution in [0.2, 0.25) is 0 Å². The molecule has 0 aliphatic carbocycles. The van der Waals surface area contributed by atoms with Crippen molar-refractivity contribution in [2.75, 3.05) is 26.2 Å². The van der Waals surface area contributed by atoms with Gasteiger partial charge < -0.3 is 20.1 Å². The van der Waals surface area contributed by atoms with Gasteiger partial charge in [0, 0.05) is 13.1 Å². The number of nitrogens with zero attached hydrogens (tertiary/aromatic N) is 1. The maximum atomic E-state index is 11.8. The number of esters is 1. The van der Waals surface area contributed by atoms with Crippen LogP contribution in [0.1, 0.15) is 33.6 Å². The molecule has 0 saturated carbocycles. The predicted octanol–water partition coefficient (Wildman–Crippen LogP) is 0.294. The average Bonchev–Trinajstić information content (AvgIpc) is 2.38. The summed E-state index contributed by atoms with van der Waals surface area (Å²) in [7, 11) is 0. The van der Waals surface area contributed by atoms with Crippen molar-refractivity contribution in [2.45, 2.75) is 45.3 Å². The van der Waals surface area contributed by atoms with Crippen LogP contribution < -0.4 is 5.73 Å². The fourth-order valence-corrected chi connectivity index (χ4v) is 2.16. The molecule has 0 spiro atoms. The third kappa shape index (κ3) is 4.47. The van der Waals surface area contributed by atoms with Crippen molar-refractivity contribution >= 4 is 11.9 Å². The third-order valence-electron chi connectivity index (χ3n) is 3.13. The van der Waals surface area contributed by atoms with Gasteiger partial charge in [0.15, 0.2) is 5.60 Å². The van der Waals surface area contributed by atoms with Gasteiger partial charge in [-0.25, -0.2) is 4.79 Å². The summed E-state index contributed by atoms with van der Waals surface area (Å²) in [6.07, 6.45) is 1.54. The fourth-order valence-electron chi connectivity index (χ4n) is 2.16. The molecule has 1 aliphatic rings. The van der Waals surface area contributed by atoms with Gasteiger partial charge in [0.05, 0.1) is 19.3 Å². The zero-order valence-corrected chi connectivity index (χ0v) is 12.0. The van der Waals surface area contributed by atoms with Crippen LogP contribution in [-0.2, 0) is 19.1 Å². The quantitative estimate of drug-likeness (QED) is 0.728. The maximum absolute atomic E-state index is 11.8. The summed E-state index contributed by atoms with van der Waals surface area (Å²) in [6.45, 7) is 6.66. The summed E-state index contributed by atoms with van der Waals surface area (Å²) < 4.78 is 10.8. The molecule has 1 heterocycles. The number of ether oxygens (including phenoxy) is 2. The topological polar surface area (TPSA) is 81.9 Å². The van der Waals surface area contributed by atoms with E-state index in [1.165, 1.54) is 0 Å². The molecule has 1 rings (SSSR count). The first kappa shape index (κ1) is 15.9. The SMILES string of the molecule is CCOC(=O)C(C)(C)OC1CCCN(C(=O)CN)C1. The van der Waals surface area contributed by atoms with E-state index in [1.54, 1.807) is 25.7 Å². The highest BCUT2D eigenvalue weighted by molar-refractivity contribution is 5.79. The molecule has 2 N–H and O–H groups in total. The van der Waals surface area contributed by atoms with Crippen LogP contribution in [-0.4, -0.2) is 54.7 Å². The summed E-state index contributed by atoms with van der Waals surface area (Å²) in [4.78, 5) is 25.0. The van der Waals surface area contributed by atoms with Crippen molar-refractivity contribution in [3.63, 3.8) is 0 Å². The molecule has 110 valence electrons. The first-order chi connectivity index (χ1) is 8.90. The molecular formula is C13H24N2O4. The van der Waals surface area contributed by atoms with E-state index in [1.807, 2.05) is 0 Å². The van der Waals surface area contributed by atoms with E-state index in [0.29, 0.717) is 19.7 Å². The van der Waals surface area contributed by atoms with Crippen molar-refractivity contribution in [3.05, 3.63) is 0 Å². The first-order valence-electron chi connectivity index (χ1n) is 6.73. The number of hydrogen-bond donors (Lipinski definition) is 1. The van der Waals surface area contributed by atoms with Crippen LogP contribution in [0.4, 0.5) is 0 Å². The van der Waals surface area contributed by atoms with E-state index in [2.05, 4.69) is 0 Å². The van der Waals surface area contributed by atoms with Gasteiger partial charge in [-0.15, -0.1) is 0 Å². The Balaban J connectivity index is 2.56. The molecule has 1 amide bonds. The summed E-state index contributed by atoms with van der Waals surface area (Å²) in [5, 5.41) is 0. The fraction of sp³-hybridized carbons (Fsp3) is 0.846. The zero-order valence-electron chi connectivity index (χ0n) is 12.0. The molecule has 1 unspecified atom stereocenters. The van der Waals surface area contributed by atoms with Gasteiger partial charge in [0.2, 0.25) is 5.91 Å². The Kier molecular flexibility index (Phi) is 5.75. The number of amides is 1. The van der Waals surface area contributed by atoms with Crippen molar-refractivity contribution in [1.82, 2.24) is 4.90 Å². The van der Waals surface area contributed by atoms with E-state index in [0.717, 1.165) is 12.8 Å². The zero-order chi connectivity index (χ0) is 14.5. The lowest BCUT2D eigenvalue weighted by Crippen LogP contribution is -2.49. The summed E-state index contributed by atoms with van der Waals surface area (Å²) in [5.74, 6) is -0.459. The molecule has 19 heavy (non-hydrogen) atoms. The Morgan fingerprint density at radius 1 is 1.42 bits per heavy atom. The summed E-state index contributed by atoms with van der Waals surface area (Å²) in [6, 6.07) is 0. The molecule has 1 atom stereocenters. The second-order valence-corrected chi connectivity index (χ2v) is 5.16. The molecule has 0 bridgehead atoms. The van der Waals surface area contributed by atoms with E-state index in [4.69, 9.17) is 15.2 Å². The van der Waals surface area contributed by atoms with Crippen LogP contribution in [0.25, 0.3) is 0 Å². The molecular weight excluding hydrogens is 248 g/mol. The smallest absolute Gasteiger partial charge is 0.337 e. The predicted molar refractivity (Wildman–Crippen MR) is 70.5 cm³/mol. The number of carbonyl (C=O) groups is 2. The minimum atomic E-state index is -0.991. The standard InChI is InChI=1S/C13H24N2O4/c1-4-18-12(17)13(2,3)19-10-6-5-7-15(9-10)11(16)8-14/h10H,4-9,14H2,1-3H3. The molecule has 0 aromatic heterocycles. The number of likely N-dealkylation sites (tertiary alicyclic amines) is 1. The van der Waals surface area contributed by atoms with Crippen molar-refractivity contribution in [2.24, 2.45) is 5.73 Å². The van der Waals surface area contributed by atoms with Gasteiger partial charge >= 0.3 is 5.97 Å². The molecule has 0 radical (unpaired) electrons. The largest absolute Gasteiger partial charge is 0.464 e. The van der Waals surface area contributed by atoms with Crippen LogP contribution in [0, 0.1) is 0 Å². The van der Waals surface area contributed by atoms with E-state index in [9.17, 15) is 9.59 Å². The Hall–Kier alpha value is -1.14. The second kappa shape index (κ2) is 6.86. The minimum absolute atomic E-state index is 0.00793. The molecule has 0 aromatic carbocycles. The Bertz CT molecular complexity index is 331. The minimum Gasteiger partial charge on any atom is -0.464 e. The average molecular weight is 272 g/mol. The van der Waals surface area contributed by atoms with Gasteiger partial charge in [-0.05, 0) is 33.6 Å². The van der Waals surface area contributed by atoms with Crippen molar-refractivity contribution in [3.8, 4) is 0 Å². The number of carbonyl (C=O) groups excluding carboxylic acids is 2. The van der Waals surface area contributed by atoms with Gasteiger partial charge in [0.25, 0.3) is 0 Å². The molecule has 1 fully saturated rings. The second-order valence-electron chi connectivity index (χ2n) is 5.16. The first-order valence-corrected chi connectivity index (χ1v) is 6.73. The van der Waals surface area contributed by atoms with Crippen LogP contribution in [0.3, 0.4) is 0 Å². The highest BCUT2D eigenvalue weighted by Gasteiger charge is 2.35. The van der Waals surface area contributed by atoms with Crippen LogP contribution in [0.5, 0.6) is 0 Å². The summed E-state index contributed by atoms with van der Waals surface area (Å²) in [5.41, 5.74) is 4.37. The van der Waals surface area contributed by atoms with Crippen LogP contribution >= 0.6 is 0 Å². The highest BCUT2D eigenvalue weighted by Crippen LogP contribution is 2.21. The number of rotatable bonds is 5. The highest BCUT2D eigenvalue weighted by atomic mass is 16.6. The van der Waals surface area contributed by atoms with Crippen molar-refractivity contribution < 1.29 is 19.1 Å². The molecule has 1 aliphatic heterocycles. The third-order valence-corrected chi connectivity index (χ3v) is 3.13. The Labute approximate surface area is 114 Å². The normalized spacial score (nSPS) is 20.2. The number of nitrogens with two attached hydrogens (primary N) is 1. The lowest BCUT2D eigenvalue weighted by Gasteiger charge is -2.36. The maximum Gasteiger partial charge on any atom is 0.337 e. The number of piperidine rings is 1. The van der Waals surface area contributed by atoms with E-state index < -0.39 is 5.60 Å². The lowest BCUT2D eigenvalue weighted by molar-refractivity contribution is -0.178. The monoisotopic (exact) mass is 272 g/mol. The van der Waals surface area contributed by atoms with Crippen LogP contribution in [0.15, 0.2) is 0 Å². The Morgan fingerprint density at radius 2 is 2.11 bits per heavy atom. The molecule has 6 nitrogen and oxygen atoms in total. The Morgan fingerprint density at radius 3 is 2.68 bits per heavy atom. The van der Waals surface area contributed by atoms with E-state index >= 15 is 0 Å². The lowest BCUT2D eigenvalue weighted by atomic mass is 10.1.